The molecule has 2 saturated heterocycles. The number of hydrogen-bond donors (Lipinski definition) is 0. The van der Waals surface area contributed by atoms with Crippen molar-refractivity contribution in [1.29, 1.82) is 0 Å². The maximum Gasteiger partial charge on any atom is 0.267 e. The third-order valence-corrected chi connectivity index (χ3v) is 3.66. The van der Waals surface area contributed by atoms with Gasteiger partial charge >= 0.3 is 0 Å². The van der Waals surface area contributed by atoms with Crippen LogP contribution >= 0.6 is 0 Å². The highest BCUT2D eigenvalue weighted by atomic mass is 19.3. The predicted molar refractivity (Wildman–Crippen MR) is 48.0 cm³/mol. The van der Waals surface area contributed by atoms with Gasteiger partial charge in [0.2, 0.25) is 0 Å². The smallest absolute Gasteiger partial charge is 0.267 e. The topological polar surface area (TPSA) is 3.24 Å². The second-order valence-corrected chi connectivity index (χ2v) is 4.33. The fourth-order valence-corrected chi connectivity index (χ4v) is 3.06. The second kappa shape index (κ2) is 2.91. The van der Waals surface area contributed by atoms with Gasteiger partial charge < -0.3 is 0 Å². The van der Waals surface area contributed by atoms with Gasteiger partial charge in [-0.15, -0.1) is 0 Å². The fourth-order valence-electron chi connectivity index (χ4n) is 3.06. The Morgan fingerprint density at radius 1 is 1.23 bits per heavy atom. The summed E-state index contributed by atoms with van der Waals surface area (Å²) >= 11 is 0. The van der Waals surface area contributed by atoms with E-state index < -0.39 is 11.5 Å². The summed E-state index contributed by atoms with van der Waals surface area (Å²) in [5.41, 5.74) is -0.748. The van der Waals surface area contributed by atoms with E-state index in [4.69, 9.17) is 0 Å². The number of fused-ring (bicyclic) bond motifs is 1. The van der Waals surface area contributed by atoms with Crippen LogP contribution in [0.15, 0.2) is 0 Å². The molecular formula is C10H17F2N. The van der Waals surface area contributed by atoms with Crippen molar-refractivity contribution in [2.24, 2.45) is 0 Å². The van der Waals surface area contributed by atoms with Crippen molar-refractivity contribution in [2.75, 3.05) is 13.1 Å². The van der Waals surface area contributed by atoms with Crippen LogP contribution in [0.2, 0.25) is 0 Å². The van der Waals surface area contributed by atoms with Gasteiger partial charge in [0.05, 0.1) is 5.54 Å². The molecule has 0 N–H and O–H groups in total. The van der Waals surface area contributed by atoms with E-state index in [1.54, 1.807) is 0 Å². The average Bonchev–Trinajstić information content (AvgIpc) is 2.54. The molecule has 0 aromatic rings. The van der Waals surface area contributed by atoms with Gasteiger partial charge in [-0.05, 0) is 25.8 Å². The molecule has 2 fully saturated rings. The predicted octanol–water partition coefficient (Wildman–Crippen LogP) is 2.66. The van der Waals surface area contributed by atoms with Crippen molar-refractivity contribution < 1.29 is 8.78 Å². The van der Waals surface area contributed by atoms with E-state index in [9.17, 15) is 8.78 Å². The molecule has 0 radical (unpaired) electrons. The van der Waals surface area contributed by atoms with Crippen molar-refractivity contribution in [3.63, 3.8) is 0 Å². The van der Waals surface area contributed by atoms with Gasteiger partial charge in [-0.25, -0.2) is 8.78 Å². The van der Waals surface area contributed by atoms with E-state index in [0.29, 0.717) is 19.4 Å². The van der Waals surface area contributed by atoms with Gasteiger partial charge in [0.1, 0.15) is 0 Å². The van der Waals surface area contributed by atoms with Crippen LogP contribution in [0, 0.1) is 0 Å². The van der Waals surface area contributed by atoms with E-state index in [0.717, 1.165) is 19.4 Å². The van der Waals surface area contributed by atoms with Crippen molar-refractivity contribution in [3.8, 4) is 0 Å². The first kappa shape index (κ1) is 9.38. The summed E-state index contributed by atoms with van der Waals surface area (Å²) in [6, 6.07) is 0. The summed E-state index contributed by atoms with van der Waals surface area (Å²) in [5, 5.41) is 0. The Morgan fingerprint density at radius 2 is 2.00 bits per heavy atom. The van der Waals surface area contributed by atoms with Crippen LogP contribution in [0.3, 0.4) is 0 Å². The molecule has 0 amide bonds. The Balaban J connectivity index is 2.26. The van der Waals surface area contributed by atoms with Gasteiger partial charge in [-0.1, -0.05) is 13.3 Å². The van der Waals surface area contributed by atoms with E-state index in [1.165, 1.54) is 0 Å². The molecule has 1 unspecified atom stereocenters. The molecule has 2 aliphatic rings. The van der Waals surface area contributed by atoms with Gasteiger partial charge in [-0.2, -0.15) is 0 Å². The average molecular weight is 189 g/mol. The van der Waals surface area contributed by atoms with Crippen molar-refractivity contribution in [2.45, 2.75) is 50.5 Å². The number of halogens is 2. The summed E-state index contributed by atoms with van der Waals surface area (Å²) in [6.07, 6.45) is 3.27. The molecule has 1 nitrogen and oxygen atoms in total. The van der Waals surface area contributed by atoms with Crippen molar-refractivity contribution in [1.82, 2.24) is 4.90 Å². The summed E-state index contributed by atoms with van der Waals surface area (Å²) in [6.45, 7) is 3.49. The van der Waals surface area contributed by atoms with Crippen LogP contribution in [0.1, 0.15) is 39.0 Å². The quantitative estimate of drug-likeness (QED) is 0.645. The number of hydrogen-bond acceptors (Lipinski definition) is 1. The number of rotatable bonds is 2. The van der Waals surface area contributed by atoms with Crippen LogP contribution in [0.4, 0.5) is 8.78 Å². The van der Waals surface area contributed by atoms with Crippen LogP contribution in [-0.4, -0.2) is 29.5 Å². The Hall–Kier alpha value is -0.180. The molecular weight excluding hydrogens is 172 g/mol. The molecule has 76 valence electrons. The largest absolute Gasteiger partial charge is 0.292 e. The Labute approximate surface area is 78.1 Å². The maximum atomic E-state index is 13.7. The van der Waals surface area contributed by atoms with E-state index in [2.05, 4.69) is 0 Å². The molecule has 2 heterocycles. The molecule has 0 bridgehead atoms. The lowest BCUT2D eigenvalue weighted by Gasteiger charge is -2.36. The van der Waals surface area contributed by atoms with Crippen molar-refractivity contribution in [3.05, 3.63) is 0 Å². The van der Waals surface area contributed by atoms with E-state index >= 15 is 0 Å². The summed E-state index contributed by atoms with van der Waals surface area (Å²) in [4.78, 5) is 2.02. The minimum Gasteiger partial charge on any atom is -0.292 e. The first-order valence-electron chi connectivity index (χ1n) is 5.25. The minimum atomic E-state index is -2.43. The minimum absolute atomic E-state index is 0.0764. The molecule has 13 heavy (non-hydrogen) atoms. The third kappa shape index (κ3) is 1.13. The lowest BCUT2D eigenvalue weighted by molar-refractivity contribution is -0.0876. The van der Waals surface area contributed by atoms with Crippen LogP contribution < -0.4 is 0 Å². The molecule has 3 heteroatoms. The molecule has 0 aliphatic carbocycles. The standard InChI is InChI=1S/C10H17F2N/c1-2-4-9-5-3-7-13(9)8-6-10(9,11)12/h2-8H2,1H3. The molecule has 0 spiro atoms. The molecule has 2 aliphatic heterocycles. The fraction of sp³-hybridized carbons (Fsp3) is 1.00. The normalized spacial score (nSPS) is 38.1. The summed E-state index contributed by atoms with van der Waals surface area (Å²) in [5.74, 6) is -2.43. The first-order chi connectivity index (χ1) is 6.12. The molecule has 1 atom stereocenters. The van der Waals surface area contributed by atoms with Gasteiger partial charge in [0, 0.05) is 13.0 Å². The van der Waals surface area contributed by atoms with Crippen LogP contribution in [0.25, 0.3) is 0 Å². The Kier molecular flexibility index (Phi) is 2.10. The van der Waals surface area contributed by atoms with Gasteiger partial charge in [0.25, 0.3) is 5.92 Å². The third-order valence-electron chi connectivity index (χ3n) is 3.66. The van der Waals surface area contributed by atoms with E-state index in [-0.39, 0.29) is 6.42 Å². The highest BCUT2D eigenvalue weighted by Gasteiger charge is 2.62. The molecule has 0 saturated carbocycles. The SMILES string of the molecule is CCCC12CCCN1CCC2(F)F. The molecule has 0 aromatic carbocycles. The summed E-state index contributed by atoms with van der Waals surface area (Å²) < 4.78 is 27.4. The zero-order valence-corrected chi connectivity index (χ0v) is 8.15. The summed E-state index contributed by atoms with van der Waals surface area (Å²) in [7, 11) is 0. The van der Waals surface area contributed by atoms with Crippen LogP contribution in [0.5, 0.6) is 0 Å². The highest BCUT2D eigenvalue weighted by Crippen LogP contribution is 2.51. The van der Waals surface area contributed by atoms with Crippen molar-refractivity contribution >= 4 is 0 Å². The lowest BCUT2D eigenvalue weighted by atomic mass is 9.86. The first-order valence-corrected chi connectivity index (χ1v) is 5.25. The zero-order valence-electron chi connectivity index (χ0n) is 8.15. The number of alkyl halides is 2. The molecule has 0 aromatic heterocycles. The monoisotopic (exact) mass is 189 g/mol. The van der Waals surface area contributed by atoms with E-state index in [1.807, 2.05) is 11.8 Å². The Bertz CT molecular complexity index is 205. The van der Waals surface area contributed by atoms with Gasteiger partial charge in [-0.3, -0.25) is 4.90 Å². The second-order valence-electron chi connectivity index (χ2n) is 4.33. The lowest BCUT2D eigenvalue weighted by Crippen LogP contribution is -2.49. The maximum absolute atomic E-state index is 13.7. The number of nitrogens with zero attached hydrogens (tertiary/aromatic N) is 1. The zero-order chi connectivity index (χ0) is 9.53. The highest BCUT2D eigenvalue weighted by molar-refractivity contribution is 5.10. The molecule has 2 rings (SSSR count). The van der Waals surface area contributed by atoms with Gasteiger partial charge in [0.15, 0.2) is 0 Å². The Morgan fingerprint density at radius 3 is 2.69 bits per heavy atom. The van der Waals surface area contributed by atoms with Crippen LogP contribution in [-0.2, 0) is 0 Å².